The number of ether oxygens (including phenoxy) is 1. The van der Waals surface area contributed by atoms with Gasteiger partial charge >= 0.3 is 0 Å². The van der Waals surface area contributed by atoms with Crippen LogP contribution in [0.4, 0.5) is 11.5 Å². The average Bonchev–Trinajstić information content (AvgIpc) is 2.99. The topological polar surface area (TPSA) is 47.0 Å². The second kappa shape index (κ2) is 7.95. The van der Waals surface area contributed by atoms with E-state index < -0.39 is 0 Å². The lowest BCUT2D eigenvalue weighted by atomic mass is 10.0. The van der Waals surface area contributed by atoms with E-state index in [0.29, 0.717) is 16.7 Å². The van der Waals surface area contributed by atoms with Crippen LogP contribution in [0.2, 0.25) is 10.0 Å². The fraction of sp³-hybridized carbons (Fsp3) is 0.143. The zero-order chi connectivity index (χ0) is 19.7. The highest BCUT2D eigenvalue weighted by atomic mass is 35.5. The summed E-state index contributed by atoms with van der Waals surface area (Å²) < 4.78 is 5.56. The summed E-state index contributed by atoms with van der Waals surface area (Å²) in [5.74, 6) is 1.57. The lowest BCUT2D eigenvalue weighted by molar-refractivity contribution is 0.340. The quantitative estimate of drug-likeness (QED) is 0.366. The van der Waals surface area contributed by atoms with Crippen molar-refractivity contribution in [2.45, 2.75) is 13.8 Å². The Hall–Kier alpha value is -2.34. The maximum atomic E-state index is 6.14. The Kier molecular flexibility index (Phi) is 5.40. The molecular formula is C21H17Cl2N3OS. The van der Waals surface area contributed by atoms with Gasteiger partial charge in [-0.3, -0.25) is 0 Å². The molecule has 0 saturated carbocycles. The Labute approximate surface area is 177 Å². The lowest BCUT2D eigenvalue weighted by Crippen LogP contribution is -1.96. The third kappa shape index (κ3) is 3.78. The number of thiophene rings is 1. The summed E-state index contributed by atoms with van der Waals surface area (Å²) in [6.45, 7) is 4.71. The Morgan fingerprint density at radius 3 is 2.43 bits per heavy atom. The second-order valence-electron chi connectivity index (χ2n) is 6.18. The molecule has 2 heterocycles. The summed E-state index contributed by atoms with van der Waals surface area (Å²) in [7, 11) is 0. The van der Waals surface area contributed by atoms with Gasteiger partial charge in [0.05, 0.1) is 12.0 Å². The predicted molar refractivity (Wildman–Crippen MR) is 119 cm³/mol. The van der Waals surface area contributed by atoms with Crippen molar-refractivity contribution in [3.63, 3.8) is 0 Å². The van der Waals surface area contributed by atoms with Crippen molar-refractivity contribution in [2.24, 2.45) is 0 Å². The van der Waals surface area contributed by atoms with Crippen LogP contribution >= 0.6 is 34.5 Å². The van der Waals surface area contributed by atoms with E-state index in [-0.39, 0.29) is 0 Å². The molecule has 7 heteroatoms. The number of aromatic nitrogens is 2. The van der Waals surface area contributed by atoms with E-state index in [1.807, 2.05) is 31.2 Å². The van der Waals surface area contributed by atoms with E-state index in [0.717, 1.165) is 38.6 Å². The van der Waals surface area contributed by atoms with Crippen LogP contribution in [-0.4, -0.2) is 16.6 Å². The van der Waals surface area contributed by atoms with Crippen molar-refractivity contribution in [2.75, 3.05) is 11.9 Å². The van der Waals surface area contributed by atoms with Crippen LogP contribution in [0.15, 0.2) is 48.8 Å². The van der Waals surface area contributed by atoms with E-state index in [2.05, 4.69) is 34.3 Å². The molecule has 0 amide bonds. The normalized spacial score (nSPS) is 11.0. The fourth-order valence-corrected chi connectivity index (χ4v) is 4.67. The van der Waals surface area contributed by atoms with Crippen molar-refractivity contribution >= 4 is 56.3 Å². The largest absolute Gasteiger partial charge is 0.494 e. The van der Waals surface area contributed by atoms with Crippen LogP contribution in [0.5, 0.6) is 5.75 Å². The third-order valence-corrected chi connectivity index (χ3v) is 5.69. The predicted octanol–water partition coefficient (Wildman–Crippen LogP) is 7.12. The molecule has 0 aliphatic rings. The number of halogens is 2. The Morgan fingerprint density at radius 1 is 1.04 bits per heavy atom. The third-order valence-electron chi connectivity index (χ3n) is 4.24. The molecule has 1 N–H and O–H groups in total. The minimum atomic E-state index is 0.563. The minimum absolute atomic E-state index is 0.563. The molecule has 4 aromatic rings. The smallest absolute Gasteiger partial charge is 0.143 e. The number of aryl methyl sites for hydroxylation is 1. The molecule has 142 valence electrons. The first kappa shape index (κ1) is 19.0. The average molecular weight is 430 g/mol. The zero-order valence-electron chi connectivity index (χ0n) is 15.3. The summed E-state index contributed by atoms with van der Waals surface area (Å²) in [5, 5.41) is 5.45. The molecule has 4 nitrogen and oxygen atoms in total. The molecular weight excluding hydrogens is 413 g/mol. The first-order chi connectivity index (χ1) is 13.5. The number of rotatable bonds is 5. The standard InChI is InChI=1S/C21H17Cl2N3OS/c1-3-27-17-6-4-13(5-7-17)18-12(2)28-21-19(18)20(24-11-25-21)26-16-9-14(22)8-15(23)10-16/h4-11H,3H2,1-2H3,(H,24,25,26). The van der Waals surface area contributed by atoms with Gasteiger partial charge in [0, 0.05) is 26.2 Å². The maximum Gasteiger partial charge on any atom is 0.143 e. The van der Waals surface area contributed by atoms with Gasteiger partial charge in [-0.05, 0) is 49.7 Å². The van der Waals surface area contributed by atoms with Crippen molar-refractivity contribution in [1.82, 2.24) is 9.97 Å². The number of nitrogens with zero attached hydrogens (tertiary/aromatic N) is 2. The highest BCUT2D eigenvalue weighted by molar-refractivity contribution is 7.19. The number of hydrogen-bond donors (Lipinski definition) is 1. The zero-order valence-corrected chi connectivity index (χ0v) is 17.6. The molecule has 0 aliphatic carbocycles. The SMILES string of the molecule is CCOc1ccc(-c2c(C)sc3ncnc(Nc4cc(Cl)cc(Cl)c4)c23)cc1. The fourth-order valence-electron chi connectivity index (χ4n) is 3.13. The lowest BCUT2D eigenvalue weighted by Gasteiger charge is -2.10. The van der Waals surface area contributed by atoms with E-state index in [1.165, 1.54) is 4.88 Å². The molecule has 28 heavy (non-hydrogen) atoms. The molecule has 0 aliphatic heterocycles. The van der Waals surface area contributed by atoms with Gasteiger partial charge in [-0.1, -0.05) is 35.3 Å². The summed E-state index contributed by atoms with van der Waals surface area (Å²) >= 11 is 13.9. The van der Waals surface area contributed by atoms with Crippen molar-refractivity contribution < 1.29 is 4.74 Å². The number of anilines is 2. The van der Waals surface area contributed by atoms with Crippen LogP contribution in [-0.2, 0) is 0 Å². The molecule has 0 saturated heterocycles. The van der Waals surface area contributed by atoms with Crippen molar-refractivity contribution in [3.8, 4) is 16.9 Å². The van der Waals surface area contributed by atoms with Crippen LogP contribution in [0.25, 0.3) is 21.3 Å². The summed E-state index contributed by atoms with van der Waals surface area (Å²) in [6, 6.07) is 13.4. The molecule has 0 fully saturated rings. The molecule has 2 aromatic heterocycles. The van der Waals surface area contributed by atoms with Gasteiger partial charge < -0.3 is 10.1 Å². The minimum Gasteiger partial charge on any atom is -0.494 e. The van der Waals surface area contributed by atoms with Gasteiger partial charge in [0.25, 0.3) is 0 Å². The Morgan fingerprint density at radius 2 is 1.75 bits per heavy atom. The van der Waals surface area contributed by atoms with Gasteiger partial charge in [0.2, 0.25) is 0 Å². The van der Waals surface area contributed by atoms with Gasteiger partial charge in [-0.2, -0.15) is 0 Å². The van der Waals surface area contributed by atoms with Crippen LogP contribution < -0.4 is 10.1 Å². The van der Waals surface area contributed by atoms with Crippen LogP contribution in [0.3, 0.4) is 0 Å². The Balaban J connectivity index is 1.82. The number of nitrogens with one attached hydrogen (secondary N) is 1. The van der Waals surface area contributed by atoms with Crippen molar-refractivity contribution in [3.05, 3.63) is 63.7 Å². The molecule has 0 atom stereocenters. The summed E-state index contributed by atoms with van der Waals surface area (Å²) in [4.78, 5) is 11.0. The maximum absolute atomic E-state index is 6.14. The van der Waals surface area contributed by atoms with Gasteiger partial charge in [-0.15, -0.1) is 11.3 Å². The summed E-state index contributed by atoms with van der Waals surface area (Å²) in [5.41, 5.74) is 2.98. The first-order valence-corrected chi connectivity index (χ1v) is 10.3. The molecule has 0 bridgehead atoms. The highest BCUT2D eigenvalue weighted by Crippen LogP contribution is 2.41. The van der Waals surface area contributed by atoms with Crippen LogP contribution in [0.1, 0.15) is 11.8 Å². The number of benzene rings is 2. The van der Waals surface area contributed by atoms with E-state index >= 15 is 0 Å². The molecule has 0 radical (unpaired) electrons. The molecule has 2 aromatic carbocycles. The number of hydrogen-bond acceptors (Lipinski definition) is 5. The summed E-state index contributed by atoms with van der Waals surface area (Å²) in [6.07, 6.45) is 1.56. The van der Waals surface area contributed by atoms with E-state index in [1.54, 1.807) is 23.7 Å². The highest BCUT2D eigenvalue weighted by Gasteiger charge is 2.17. The monoisotopic (exact) mass is 429 g/mol. The number of fused-ring (bicyclic) bond motifs is 1. The first-order valence-electron chi connectivity index (χ1n) is 8.75. The van der Waals surface area contributed by atoms with Gasteiger partial charge in [-0.25, -0.2) is 9.97 Å². The van der Waals surface area contributed by atoms with Gasteiger partial charge in [0.1, 0.15) is 22.7 Å². The van der Waals surface area contributed by atoms with E-state index in [4.69, 9.17) is 27.9 Å². The van der Waals surface area contributed by atoms with Crippen molar-refractivity contribution in [1.29, 1.82) is 0 Å². The second-order valence-corrected chi connectivity index (χ2v) is 8.25. The molecule has 4 rings (SSSR count). The van der Waals surface area contributed by atoms with Crippen LogP contribution in [0, 0.1) is 6.92 Å². The molecule has 0 spiro atoms. The van der Waals surface area contributed by atoms with Gasteiger partial charge in [0.15, 0.2) is 0 Å². The Bertz CT molecular complexity index is 1120. The van der Waals surface area contributed by atoms with E-state index in [9.17, 15) is 0 Å². The molecule has 0 unspecified atom stereocenters.